The van der Waals surface area contributed by atoms with Gasteiger partial charge in [0.15, 0.2) is 0 Å². The molecule has 0 radical (unpaired) electrons. The van der Waals surface area contributed by atoms with E-state index in [0.717, 1.165) is 22.1 Å². The zero-order chi connectivity index (χ0) is 12.7. The van der Waals surface area contributed by atoms with Crippen molar-refractivity contribution in [3.63, 3.8) is 0 Å². The van der Waals surface area contributed by atoms with Crippen molar-refractivity contribution in [2.24, 2.45) is 5.73 Å². The monoisotopic (exact) mass is 241 g/mol. The Kier molecular flexibility index (Phi) is 2.45. The lowest BCUT2D eigenvalue weighted by atomic mass is 10.1. The fraction of sp³-hybridized carbons (Fsp3) is 0.214. The molecular formula is C14H15N3O. The van der Waals surface area contributed by atoms with Crippen LogP contribution in [0.15, 0.2) is 36.4 Å². The number of nitrogen functional groups attached to an aromatic ring is 1. The van der Waals surface area contributed by atoms with Crippen molar-refractivity contribution < 1.29 is 4.79 Å². The van der Waals surface area contributed by atoms with Gasteiger partial charge in [0.05, 0.1) is 5.69 Å². The number of hydrogen-bond donors (Lipinski definition) is 2. The number of rotatable bonds is 1. The summed E-state index contributed by atoms with van der Waals surface area (Å²) in [4.78, 5) is 13.7. The maximum absolute atomic E-state index is 11.9. The first kappa shape index (κ1) is 11.0. The average Bonchev–Trinajstić information content (AvgIpc) is 2.68. The highest BCUT2D eigenvalue weighted by Gasteiger charge is 2.28. The normalized spacial score (nSPS) is 19.7. The Bertz CT molecular complexity index is 623. The third-order valence-corrected chi connectivity index (χ3v) is 3.38. The smallest absolute Gasteiger partial charge is 0.228 e. The molecule has 0 bridgehead atoms. The second-order valence-electron chi connectivity index (χ2n) is 4.69. The Balaban J connectivity index is 2.18. The maximum atomic E-state index is 11.9. The molecule has 0 aliphatic carbocycles. The SMILES string of the molecule is Nc1cccc2c(N3CC(N)CC3=O)cccc12. The summed E-state index contributed by atoms with van der Waals surface area (Å²) < 4.78 is 0. The molecule has 1 saturated heterocycles. The quantitative estimate of drug-likeness (QED) is 0.743. The van der Waals surface area contributed by atoms with Crippen LogP contribution in [0, 0.1) is 0 Å². The molecule has 1 aliphatic rings. The Morgan fingerprint density at radius 1 is 1.11 bits per heavy atom. The molecule has 4 N–H and O–H groups in total. The minimum atomic E-state index is -0.0752. The molecule has 1 aliphatic heterocycles. The van der Waals surface area contributed by atoms with Crippen LogP contribution in [-0.2, 0) is 4.79 Å². The predicted molar refractivity (Wildman–Crippen MR) is 73.3 cm³/mol. The summed E-state index contributed by atoms with van der Waals surface area (Å²) in [6, 6.07) is 11.5. The van der Waals surface area contributed by atoms with Gasteiger partial charge in [0.2, 0.25) is 5.91 Å². The molecule has 1 fully saturated rings. The van der Waals surface area contributed by atoms with Crippen molar-refractivity contribution >= 4 is 28.1 Å². The lowest BCUT2D eigenvalue weighted by Gasteiger charge is -2.18. The Hall–Kier alpha value is -2.07. The minimum absolute atomic E-state index is 0.0752. The molecule has 2 aromatic carbocycles. The molecule has 1 amide bonds. The van der Waals surface area contributed by atoms with Crippen LogP contribution in [-0.4, -0.2) is 18.5 Å². The first-order chi connectivity index (χ1) is 8.66. The number of anilines is 2. The maximum Gasteiger partial charge on any atom is 0.228 e. The highest BCUT2D eigenvalue weighted by Crippen LogP contribution is 2.32. The van der Waals surface area contributed by atoms with E-state index in [1.807, 2.05) is 36.4 Å². The number of benzene rings is 2. The van der Waals surface area contributed by atoms with Gasteiger partial charge in [0.1, 0.15) is 0 Å². The van der Waals surface area contributed by atoms with Crippen LogP contribution in [0.1, 0.15) is 6.42 Å². The van der Waals surface area contributed by atoms with E-state index >= 15 is 0 Å². The fourth-order valence-electron chi connectivity index (χ4n) is 2.52. The summed E-state index contributed by atoms with van der Waals surface area (Å²) in [5, 5.41) is 1.98. The third kappa shape index (κ3) is 1.62. The number of hydrogen-bond acceptors (Lipinski definition) is 3. The van der Waals surface area contributed by atoms with Crippen LogP contribution in [0.25, 0.3) is 10.8 Å². The second-order valence-corrected chi connectivity index (χ2v) is 4.69. The van der Waals surface area contributed by atoms with Gasteiger partial charge in [-0.25, -0.2) is 0 Å². The average molecular weight is 241 g/mol. The van der Waals surface area contributed by atoms with Gasteiger partial charge in [0.25, 0.3) is 0 Å². The zero-order valence-corrected chi connectivity index (χ0v) is 9.97. The molecule has 18 heavy (non-hydrogen) atoms. The number of amides is 1. The zero-order valence-electron chi connectivity index (χ0n) is 9.97. The van der Waals surface area contributed by atoms with E-state index in [4.69, 9.17) is 11.5 Å². The van der Waals surface area contributed by atoms with Crippen molar-refractivity contribution in [3.8, 4) is 0 Å². The standard InChI is InChI=1S/C14H15N3O/c15-9-7-14(18)17(8-9)13-6-2-3-10-11(13)4-1-5-12(10)16/h1-6,9H,7-8,15-16H2. The van der Waals surface area contributed by atoms with Crippen LogP contribution in [0.5, 0.6) is 0 Å². The predicted octanol–water partition coefficient (Wildman–Crippen LogP) is 1.49. The Morgan fingerprint density at radius 2 is 1.83 bits per heavy atom. The van der Waals surface area contributed by atoms with Gasteiger partial charge in [0, 0.05) is 35.5 Å². The summed E-state index contributed by atoms with van der Waals surface area (Å²) >= 11 is 0. The molecule has 2 aromatic rings. The third-order valence-electron chi connectivity index (χ3n) is 3.38. The van der Waals surface area contributed by atoms with Crippen LogP contribution < -0.4 is 16.4 Å². The van der Waals surface area contributed by atoms with Crippen LogP contribution in [0.3, 0.4) is 0 Å². The lowest BCUT2D eigenvalue weighted by Crippen LogP contribution is -2.28. The first-order valence-electron chi connectivity index (χ1n) is 6.00. The Morgan fingerprint density at radius 3 is 2.56 bits per heavy atom. The molecule has 3 rings (SSSR count). The van der Waals surface area contributed by atoms with Gasteiger partial charge >= 0.3 is 0 Å². The van der Waals surface area contributed by atoms with Crippen LogP contribution >= 0.6 is 0 Å². The minimum Gasteiger partial charge on any atom is -0.398 e. The van der Waals surface area contributed by atoms with Crippen molar-refractivity contribution in [3.05, 3.63) is 36.4 Å². The van der Waals surface area contributed by atoms with Gasteiger partial charge in [-0.3, -0.25) is 4.79 Å². The number of nitrogens with two attached hydrogens (primary N) is 2. The topological polar surface area (TPSA) is 72.3 Å². The summed E-state index contributed by atoms with van der Waals surface area (Å²) in [7, 11) is 0. The van der Waals surface area contributed by atoms with E-state index in [2.05, 4.69) is 0 Å². The molecular weight excluding hydrogens is 226 g/mol. The molecule has 0 saturated carbocycles. The van der Waals surface area contributed by atoms with E-state index in [1.54, 1.807) is 4.90 Å². The van der Waals surface area contributed by atoms with Crippen molar-refractivity contribution in [1.82, 2.24) is 0 Å². The number of nitrogens with zero attached hydrogens (tertiary/aromatic N) is 1. The molecule has 92 valence electrons. The first-order valence-corrected chi connectivity index (χ1v) is 6.00. The summed E-state index contributed by atoms with van der Waals surface area (Å²) in [5.41, 5.74) is 13.4. The van der Waals surface area contributed by atoms with Gasteiger partial charge in [-0.05, 0) is 12.1 Å². The molecule has 1 heterocycles. The molecule has 0 spiro atoms. The number of carbonyl (C=O) groups excluding carboxylic acids is 1. The summed E-state index contributed by atoms with van der Waals surface area (Å²) in [6.45, 7) is 0.576. The largest absolute Gasteiger partial charge is 0.398 e. The number of fused-ring (bicyclic) bond motifs is 1. The van der Waals surface area contributed by atoms with Gasteiger partial charge < -0.3 is 16.4 Å². The highest BCUT2D eigenvalue weighted by molar-refractivity contribution is 6.07. The summed E-state index contributed by atoms with van der Waals surface area (Å²) in [6.07, 6.45) is 0.415. The van der Waals surface area contributed by atoms with Crippen molar-refractivity contribution in [2.75, 3.05) is 17.2 Å². The van der Waals surface area contributed by atoms with E-state index in [1.165, 1.54) is 0 Å². The number of carbonyl (C=O) groups is 1. The van der Waals surface area contributed by atoms with E-state index in [0.29, 0.717) is 13.0 Å². The fourth-order valence-corrected chi connectivity index (χ4v) is 2.52. The Labute approximate surface area is 105 Å². The highest BCUT2D eigenvalue weighted by atomic mass is 16.2. The van der Waals surface area contributed by atoms with Gasteiger partial charge in [-0.15, -0.1) is 0 Å². The van der Waals surface area contributed by atoms with Crippen molar-refractivity contribution in [2.45, 2.75) is 12.5 Å². The van der Waals surface area contributed by atoms with E-state index in [9.17, 15) is 4.79 Å². The molecule has 4 heteroatoms. The van der Waals surface area contributed by atoms with Gasteiger partial charge in [-0.2, -0.15) is 0 Å². The van der Waals surface area contributed by atoms with Crippen LogP contribution in [0.2, 0.25) is 0 Å². The van der Waals surface area contributed by atoms with E-state index < -0.39 is 0 Å². The van der Waals surface area contributed by atoms with E-state index in [-0.39, 0.29) is 11.9 Å². The van der Waals surface area contributed by atoms with Crippen LogP contribution in [0.4, 0.5) is 11.4 Å². The second kappa shape index (κ2) is 3.99. The molecule has 1 atom stereocenters. The van der Waals surface area contributed by atoms with Gasteiger partial charge in [-0.1, -0.05) is 24.3 Å². The summed E-state index contributed by atoms with van der Waals surface area (Å²) in [5.74, 6) is 0.0809. The molecule has 0 aromatic heterocycles. The molecule has 1 unspecified atom stereocenters. The van der Waals surface area contributed by atoms with Crippen molar-refractivity contribution in [1.29, 1.82) is 0 Å². The lowest BCUT2D eigenvalue weighted by molar-refractivity contribution is -0.117. The molecule has 4 nitrogen and oxygen atoms in total.